The van der Waals surface area contributed by atoms with Gasteiger partial charge in [0, 0.05) is 6.42 Å². The molecule has 3 saturated heterocycles. The summed E-state index contributed by atoms with van der Waals surface area (Å²) in [6, 6.07) is -0.892. The molecule has 12 N–H and O–H groups in total. The molecule has 0 aromatic carbocycles. The van der Waals surface area contributed by atoms with E-state index in [1.54, 1.807) is 0 Å². The van der Waals surface area contributed by atoms with Crippen molar-refractivity contribution in [2.24, 2.45) is 0 Å². The summed E-state index contributed by atoms with van der Waals surface area (Å²) in [4.78, 5) is 13.4. The van der Waals surface area contributed by atoms with Gasteiger partial charge in [0.25, 0.3) is 0 Å². The van der Waals surface area contributed by atoms with Crippen LogP contribution in [0.5, 0.6) is 0 Å². The van der Waals surface area contributed by atoms with Gasteiger partial charge in [-0.15, -0.1) is 0 Å². The van der Waals surface area contributed by atoms with Gasteiger partial charge in [0.05, 0.1) is 38.6 Å². The molecule has 17 atom stereocenters. The number of rotatable bonds is 47. The van der Waals surface area contributed by atoms with E-state index in [2.05, 4.69) is 55.6 Å². The quantitative estimate of drug-likeness (QED) is 0.0229. The molecule has 0 aliphatic carbocycles. The first-order valence-electron chi connectivity index (χ1n) is 31.7. The molecule has 0 saturated carbocycles. The Morgan fingerprint density at radius 2 is 0.852 bits per heavy atom. The van der Waals surface area contributed by atoms with Crippen LogP contribution < -0.4 is 5.32 Å². The van der Waals surface area contributed by atoms with Gasteiger partial charge in [-0.1, -0.05) is 204 Å². The van der Waals surface area contributed by atoms with Gasteiger partial charge in [-0.2, -0.15) is 0 Å². The zero-order valence-electron chi connectivity index (χ0n) is 49.5. The Morgan fingerprint density at radius 1 is 0.457 bits per heavy atom. The molecule has 3 fully saturated rings. The summed E-state index contributed by atoms with van der Waals surface area (Å²) in [7, 11) is 0. The maximum atomic E-state index is 13.4. The van der Waals surface area contributed by atoms with Crippen molar-refractivity contribution < 1.29 is 89.4 Å². The molecule has 3 rings (SSSR count). The van der Waals surface area contributed by atoms with Crippen LogP contribution in [0.25, 0.3) is 0 Å². The smallest absolute Gasteiger partial charge is 0.220 e. The first kappa shape index (κ1) is 73.3. The minimum Gasteiger partial charge on any atom is -0.394 e. The molecule has 81 heavy (non-hydrogen) atoms. The average Bonchev–Trinajstić information content (AvgIpc) is 3.47. The van der Waals surface area contributed by atoms with Crippen LogP contribution in [-0.4, -0.2) is 193 Å². The lowest BCUT2D eigenvalue weighted by atomic mass is 9.96. The maximum Gasteiger partial charge on any atom is 0.220 e. The second-order valence-electron chi connectivity index (χ2n) is 22.8. The Morgan fingerprint density at radius 3 is 1.33 bits per heavy atom. The van der Waals surface area contributed by atoms with E-state index in [9.17, 15) is 61.0 Å². The highest BCUT2D eigenvalue weighted by molar-refractivity contribution is 5.76. The van der Waals surface area contributed by atoms with Gasteiger partial charge in [-0.05, 0) is 44.9 Å². The molecular weight excluding hydrogens is 1050 g/mol. The molecule has 17 unspecified atom stereocenters. The highest BCUT2D eigenvalue weighted by Crippen LogP contribution is 2.33. The minimum absolute atomic E-state index is 0.253. The Labute approximate surface area is 485 Å². The van der Waals surface area contributed by atoms with Crippen LogP contribution >= 0.6 is 0 Å². The highest BCUT2D eigenvalue weighted by atomic mass is 16.8. The van der Waals surface area contributed by atoms with Gasteiger partial charge in [0.1, 0.15) is 73.2 Å². The summed E-state index contributed by atoms with van der Waals surface area (Å²) in [6.45, 7) is 1.68. The van der Waals surface area contributed by atoms with E-state index in [-0.39, 0.29) is 18.9 Å². The third-order valence-electron chi connectivity index (χ3n) is 16.0. The molecule has 0 bridgehead atoms. The molecule has 3 aliphatic rings. The van der Waals surface area contributed by atoms with E-state index in [0.717, 1.165) is 89.9 Å². The van der Waals surface area contributed by atoms with Crippen molar-refractivity contribution in [3.63, 3.8) is 0 Å². The second-order valence-corrected chi connectivity index (χ2v) is 22.8. The van der Waals surface area contributed by atoms with E-state index in [4.69, 9.17) is 28.4 Å². The number of nitrogens with one attached hydrogen (secondary N) is 1. The van der Waals surface area contributed by atoms with Crippen LogP contribution in [0.2, 0.25) is 0 Å². The Bertz CT molecular complexity index is 1620. The number of amides is 1. The average molecular weight is 1160 g/mol. The molecule has 0 spiro atoms. The zero-order chi connectivity index (χ0) is 59.0. The first-order valence-corrected chi connectivity index (χ1v) is 31.7. The fraction of sp³-hybridized carbons (Fsp3) is 0.887. The fourth-order valence-corrected chi connectivity index (χ4v) is 10.8. The van der Waals surface area contributed by atoms with Crippen molar-refractivity contribution in [1.29, 1.82) is 0 Å². The summed E-state index contributed by atoms with van der Waals surface area (Å²) in [5, 5.41) is 120. The highest BCUT2D eigenvalue weighted by Gasteiger charge is 2.53. The number of allylic oxidation sites excluding steroid dienone is 6. The number of carbonyl (C=O) groups is 1. The molecule has 0 radical (unpaired) electrons. The Kier molecular flexibility index (Phi) is 41.0. The van der Waals surface area contributed by atoms with Crippen LogP contribution in [0.15, 0.2) is 36.5 Å². The second kappa shape index (κ2) is 45.3. The largest absolute Gasteiger partial charge is 0.394 e. The minimum atomic E-state index is -1.97. The number of aliphatic hydroxyl groups is 11. The fourth-order valence-electron chi connectivity index (χ4n) is 10.8. The summed E-state index contributed by atoms with van der Waals surface area (Å²) < 4.78 is 34.3. The van der Waals surface area contributed by atoms with E-state index in [0.29, 0.717) is 12.8 Å². The monoisotopic (exact) mass is 1160 g/mol. The number of aliphatic hydroxyl groups excluding tert-OH is 11. The zero-order valence-corrected chi connectivity index (χ0v) is 49.5. The van der Waals surface area contributed by atoms with Crippen molar-refractivity contribution in [2.75, 3.05) is 26.4 Å². The SMILES string of the molecule is CC/C=C\C/C=C\C/C=C\CCCCCCCCCC(=O)NC(COC1OC(CO)C(OC2OC(CO)C(OC3OC(CO)C(O)C(O)C3O)C(O)C2O)C(O)C1O)C(O)CCCCCCCCCCCCCCCCCCCCC. The molecular formula is C62H113NO18. The number of ether oxygens (including phenoxy) is 6. The molecule has 19 nitrogen and oxygen atoms in total. The predicted molar refractivity (Wildman–Crippen MR) is 309 cm³/mol. The van der Waals surface area contributed by atoms with E-state index in [1.807, 2.05) is 0 Å². The topological polar surface area (TPSA) is 307 Å². The van der Waals surface area contributed by atoms with Crippen LogP contribution in [0.1, 0.15) is 219 Å². The third kappa shape index (κ3) is 28.8. The van der Waals surface area contributed by atoms with Gasteiger partial charge in [-0.3, -0.25) is 4.79 Å². The summed E-state index contributed by atoms with van der Waals surface area (Å²) in [6.07, 6.45) is 22.2. The van der Waals surface area contributed by atoms with Gasteiger partial charge < -0.3 is 89.9 Å². The lowest BCUT2D eigenvalue weighted by Gasteiger charge is -2.48. The summed E-state index contributed by atoms with van der Waals surface area (Å²) in [5.41, 5.74) is 0. The lowest BCUT2D eigenvalue weighted by Crippen LogP contribution is -2.66. The van der Waals surface area contributed by atoms with Gasteiger partial charge >= 0.3 is 0 Å². The Hall–Kier alpha value is -1.99. The van der Waals surface area contributed by atoms with E-state index < -0.39 is 124 Å². The van der Waals surface area contributed by atoms with Gasteiger partial charge in [0.2, 0.25) is 5.91 Å². The standard InChI is InChI=1S/C62H113NO18/c1-3-5-7-9-11-13-15-17-19-21-22-24-25-27-29-31-33-35-37-39-46(67)45(63-50(68)40-38-36-34-32-30-28-26-23-20-18-16-14-12-10-8-6-4-2)44-76-60-56(74)53(71)58(48(42-65)78-60)81-62-57(75)54(72)59(49(43-66)79-62)80-61-55(73)52(70)51(69)47(41-64)77-61/h6,8,12,14,18,20,45-49,51-62,64-67,69-75H,3-5,7,9-11,13,15-17,19,21-44H2,1-2H3,(H,63,68)/b8-6-,14-12-,20-18-. The first-order chi connectivity index (χ1) is 39.3. The molecule has 1 amide bonds. The molecule has 0 aromatic rings. The van der Waals surface area contributed by atoms with Gasteiger partial charge in [0.15, 0.2) is 18.9 Å². The molecule has 3 aliphatic heterocycles. The van der Waals surface area contributed by atoms with Crippen LogP contribution in [0.4, 0.5) is 0 Å². The number of carbonyl (C=O) groups excluding carboxylic acids is 1. The molecule has 3 heterocycles. The van der Waals surface area contributed by atoms with Gasteiger partial charge in [-0.25, -0.2) is 0 Å². The van der Waals surface area contributed by atoms with Crippen molar-refractivity contribution in [1.82, 2.24) is 5.32 Å². The summed E-state index contributed by atoms with van der Waals surface area (Å²) >= 11 is 0. The van der Waals surface area contributed by atoms with E-state index >= 15 is 0 Å². The van der Waals surface area contributed by atoms with Crippen molar-refractivity contribution in [3.05, 3.63) is 36.5 Å². The normalized spacial score (nSPS) is 30.0. The number of unbranched alkanes of at least 4 members (excludes halogenated alkanes) is 25. The third-order valence-corrected chi connectivity index (χ3v) is 16.0. The number of hydrogen-bond donors (Lipinski definition) is 12. The summed E-state index contributed by atoms with van der Waals surface area (Å²) in [5.74, 6) is -0.253. The number of hydrogen-bond acceptors (Lipinski definition) is 18. The predicted octanol–water partition coefficient (Wildman–Crippen LogP) is 6.49. The van der Waals surface area contributed by atoms with Crippen LogP contribution in [0, 0.1) is 0 Å². The molecule has 0 aromatic heterocycles. The molecule has 19 heteroatoms. The van der Waals surface area contributed by atoms with Crippen molar-refractivity contribution in [3.8, 4) is 0 Å². The van der Waals surface area contributed by atoms with Crippen molar-refractivity contribution >= 4 is 5.91 Å². The van der Waals surface area contributed by atoms with Crippen LogP contribution in [-0.2, 0) is 33.2 Å². The van der Waals surface area contributed by atoms with E-state index in [1.165, 1.54) is 96.3 Å². The van der Waals surface area contributed by atoms with Crippen LogP contribution in [0.3, 0.4) is 0 Å². The maximum absolute atomic E-state index is 13.4. The Balaban J connectivity index is 1.48. The van der Waals surface area contributed by atoms with Crippen molar-refractivity contribution in [2.45, 2.75) is 324 Å². The molecule has 474 valence electrons. The lowest BCUT2D eigenvalue weighted by molar-refractivity contribution is -0.379.